The number of aryl methyl sites for hydroxylation is 1. The average molecular weight is 300 g/mol. The summed E-state index contributed by atoms with van der Waals surface area (Å²) in [6.07, 6.45) is 4.21. The molecule has 0 saturated heterocycles. The van der Waals surface area contributed by atoms with Crippen molar-refractivity contribution in [2.24, 2.45) is 0 Å². The van der Waals surface area contributed by atoms with Crippen LogP contribution in [0, 0.1) is 0 Å². The van der Waals surface area contributed by atoms with Crippen molar-refractivity contribution in [3.05, 3.63) is 59.3 Å². The van der Waals surface area contributed by atoms with E-state index in [1.807, 2.05) is 30.5 Å². The fourth-order valence-corrected chi connectivity index (χ4v) is 2.60. The molecule has 0 radical (unpaired) electrons. The molecule has 2 heterocycles. The van der Waals surface area contributed by atoms with E-state index in [9.17, 15) is 4.79 Å². The Morgan fingerprint density at radius 2 is 2.10 bits per heavy atom. The van der Waals surface area contributed by atoms with E-state index in [0.717, 1.165) is 23.9 Å². The second-order valence-electron chi connectivity index (χ2n) is 4.81. The Balaban J connectivity index is 2.14. The molecule has 0 fully saturated rings. The molecule has 1 aromatic carbocycles. The first-order valence-corrected chi connectivity index (χ1v) is 7.18. The van der Waals surface area contributed by atoms with E-state index in [1.165, 1.54) is 12.4 Å². The minimum atomic E-state index is -0.134. The van der Waals surface area contributed by atoms with Crippen molar-refractivity contribution < 1.29 is 4.79 Å². The van der Waals surface area contributed by atoms with Gasteiger partial charge in [-0.1, -0.05) is 36.7 Å². The van der Waals surface area contributed by atoms with E-state index >= 15 is 0 Å². The van der Waals surface area contributed by atoms with E-state index in [4.69, 9.17) is 11.6 Å². The maximum Gasteiger partial charge on any atom is 0.213 e. The Morgan fingerprint density at radius 3 is 2.86 bits per heavy atom. The van der Waals surface area contributed by atoms with Crippen LogP contribution in [0.5, 0.6) is 0 Å². The van der Waals surface area contributed by atoms with E-state index in [0.29, 0.717) is 11.3 Å². The molecule has 21 heavy (non-hydrogen) atoms. The van der Waals surface area contributed by atoms with Crippen molar-refractivity contribution in [3.63, 3.8) is 0 Å². The van der Waals surface area contributed by atoms with Gasteiger partial charge in [0, 0.05) is 35.3 Å². The van der Waals surface area contributed by atoms with Crippen molar-refractivity contribution in [2.45, 2.75) is 19.9 Å². The van der Waals surface area contributed by atoms with Crippen LogP contribution in [0.2, 0.25) is 5.15 Å². The van der Waals surface area contributed by atoms with E-state index < -0.39 is 0 Å². The number of rotatable bonds is 4. The van der Waals surface area contributed by atoms with Gasteiger partial charge in [-0.05, 0) is 12.5 Å². The minimum absolute atomic E-state index is 0.134. The van der Waals surface area contributed by atoms with Crippen LogP contribution in [0.25, 0.3) is 10.9 Å². The summed E-state index contributed by atoms with van der Waals surface area (Å²) in [6.45, 7) is 2.98. The molecule has 0 saturated carbocycles. The second kappa shape index (κ2) is 5.66. The number of carbonyl (C=O) groups is 1. The van der Waals surface area contributed by atoms with E-state index in [1.54, 1.807) is 0 Å². The summed E-state index contributed by atoms with van der Waals surface area (Å²) in [5.41, 5.74) is 2.02. The lowest BCUT2D eigenvalue weighted by molar-refractivity contribution is 0.103. The molecular formula is C16H14ClN3O. The smallest absolute Gasteiger partial charge is 0.213 e. The molecule has 3 aromatic rings. The van der Waals surface area contributed by atoms with Gasteiger partial charge in [-0.2, -0.15) is 0 Å². The Kier molecular flexibility index (Phi) is 3.71. The molecule has 0 N–H and O–H groups in total. The van der Waals surface area contributed by atoms with Gasteiger partial charge < -0.3 is 4.57 Å². The maximum atomic E-state index is 12.7. The summed E-state index contributed by atoms with van der Waals surface area (Å²) in [5.74, 6) is -0.134. The summed E-state index contributed by atoms with van der Waals surface area (Å²) in [7, 11) is 0. The van der Waals surface area contributed by atoms with Gasteiger partial charge in [0.25, 0.3) is 0 Å². The number of carbonyl (C=O) groups excluding carboxylic acids is 1. The number of aromatic nitrogens is 3. The summed E-state index contributed by atoms with van der Waals surface area (Å²) >= 11 is 5.84. The molecule has 5 heteroatoms. The third-order valence-electron chi connectivity index (χ3n) is 3.36. The highest BCUT2D eigenvalue weighted by Gasteiger charge is 2.17. The number of nitrogens with zero attached hydrogens (tertiary/aromatic N) is 3. The fraction of sp³-hybridized carbons (Fsp3) is 0.188. The van der Waals surface area contributed by atoms with Crippen LogP contribution in [0.15, 0.2) is 42.9 Å². The van der Waals surface area contributed by atoms with Crippen molar-refractivity contribution in [1.82, 2.24) is 14.5 Å². The van der Waals surface area contributed by atoms with Gasteiger partial charge in [-0.15, -0.1) is 0 Å². The molecular weight excluding hydrogens is 286 g/mol. The van der Waals surface area contributed by atoms with Crippen LogP contribution in [0.4, 0.5) is 0 Å². The summed E-state index contributed by atoms with van der Waals surface area (Å²) in [4.78, 5) is 20.5. The monoisotopic (exact) mass is 299 g/mol. The van der Waals surface area contributed by atoms with Crippen LogP contribution < -0.4 is 0 Å². The molecule has 0 aliphatic carbocycles. The van der Waals surface area contributed by atoms with Crippen LogP contribution in [-0.4, -0.2) is 20.3 Å². The fourth-order valence-electron chi connectivity index (χ4n) is 2.45. The largest absolute Gasteiger partial charge is 0.347 e. The van der Waals surface area contributed by atoms with Crippen molar-refractivity contribution in [3.8, 4) is 0 Å². The van der Waals surface area contributed by atoms with Gasteiger partial charge in [-0.25, -0.2) is 9.97 Å². The van der Waals surface area contributed by atoms with Crippen molar-refractivity contribution in [2.75, 3.05) is 0 Å². The van der Waals surface area contributed by atoms with Gasteiger partial charge in [0.2, 0.25) is 5.78 Å². The summed E-state index contributed by atoms with van der Waals surface area (Å²) in [5, 5.41) is 1.20. The van der Waals surface area contributed by atoms with Crippen LogP contribution in [0.1, 0.15) is 29.4 Å². The second-order valence-corrected chi connectivity index (χ2v) is 5.20. The zero-order chi connectivity index (χ0) is 14.8. The molecule has 0 spiro atoms. The summed E-state index contributed by atoms with van der Waals surface area (Å²) < 4.78 is 2.10. The molecule has 0 atom stereocenters. The predicted octanol–water partition coefficient (Wildman–Crippen LogP) is 3.73. The van der Waals surface area contributed by atoms with Gasteiger partial charge in [0.15, 0.2) is 0 Å². The summed E-state index contributed by atoms with van der Waals surface area (Å²) in [6, 6.07) is 9.38. The highest BCUT2D eigenvalue weighted by molar-refractivity contribution is 6.30. The molecule has 0 unspecified atom stereocenters. The third-order valence-corrected chi connectivity index (χ3v) is 3.57. The lowest BCUT2D eigenvalue weighted by Gasteiger charge is -2.00. The highest BCUT2D eigenvalue weighted by Crippen LogP contribution is 2.24. The highest BCUT2D eigenvalue weighted by atomic mass is 35.5. The lowest BCUT2D eigenvalue weighted by Crippen LogP contribution is -2.04. The number of ketones is 1. The van der Waals surface area contributed by atoms with Crippen LogP contribution >= 0.6 is 11.6 Å². The Bertz CT molecular complexity index is 810. The first kappa shape index (κ1) is 13.8. The zero-order valence-electron chi connectivity index (χ0n) is 11.6. The topological polar surface area (TPSA) is 47.8 Å². The number of hydrogen-bond acceptors (Lipinski definition) is 3. The van der Waals surface area contributed by atoms with Crippen molar-refractivity contribution in [1.29, 1.82) is 0 Å². The number of hydrogen-bond donors (Lipinski definition) is 0. The first-order chi connectivity index (χ1) is 10.2. The molecule has 0 aliphatic heterocycles. The molecule has 0 amide bonds. The normalized spacial score (nSPS) is 11.0. The Morgan fingerprint density at radius 1 is 1.29 bits per heavy atom. The predicted molar refractivity (Wildman–Crippen MR) is 82.7 cm³/mol. The Labute approximate surface area is 127 Å². The zero-order valence-corrected chi connectivity index (χ0v) is 12.3. The molecule has 2 aromatic heterocycles. The van der Waals surface area contributed by atoms with Gasteiger partial charge in [0.05, 0.1) is 0 Å². The SMILES string of the molecule is CCCn1cc(C(=O)c2cc(Cl)ncn2)c2ccccc21. The van der Waals surface area contributed by atoms with Crippen molar-refractivity contribution >= 4 is 28.3 Å². The van der Waals surface area contributed by atoms with Gasteiger partial charge >= 0.3 is 0 Å². The number of benzene rings is 1. The molecule has 0 bridgehead atoms. The minimum Gasteiger partial charge on any atom is -0.347 e. The van der Waals surface area contributed by atoms with Gasteiger partial charge in [-0.3, -0.25) is 4.79 Å². The quantitative estimate of drug-likeness (QED) is 0.545. The molecule has 0 aliphatic rings. The number of para-hydroxylation sites is 1. The van der Waals surface area contributed by atoms with E-state index in [2.05, 4.69) is 21.5 Å². The van der Waals surface area contributed by atoms with Crippen LogP contribution in [0.3, 0.4) is 0 Å². The van der Waals surface area contributed by atoms with Crippen LogP contribution in [-0.2, 0) is 6.54 Å². The third kappa shape index (κ3) is 2.54. The maximum absolute atomic E-state index is 12.7. The lowest BCUT2D eigenvalue weighted by atomic mass is 10.1. The van der Waals surface area contributed by atoms with Gasteiger partial charge in [0.1, 0.15) is 17.2 Å². The standard InChI is InChI=1S/C16H14ClN3O/c1-2-7-20-9-12(11-5-3-4-6-14(11)20)16(21)13-8-15(17)19-10-18-13/h3-6,8-10H,2,7H2,1H3. The number of fused-ring (bicyclic) bond motifs is 1. The number of halogens is 1. The molecule has 3 rings (SSSR count). The Hall–Kier alpha value is -2.20. The molecule has 106 valence electrons. The van der Waals surface area contributed by atoms with E-state index in [-0.39, 0.29) is 10.9 Å². The average Bonchev–Trinajstić information content (AvgIpc) is 2.86. The first-order valence-electron chi connectivity index (χ1n) is 6.81. The molecule has 4 nitrogen and oxygen atoms in total.